The van der Waals surface area contributed by atoms with E-state index in [-0.39, 0.29) is 18.2 Å². The molecule has 1 fully saturated rings. The fourth-order valence-electron chi connectivity index (χ4n) is 1.31. The van der Waals surface area contributed by atoms with Crippen LogP contribution in [-0.4, -0.2) is 30.4 Å². The molecule has 1 aliphatic rings. The number of epoxide rings is 1. The molecular weight excluding hydrogens is 206 g/mol. The Morgan fingerprint density at radius 1 is 1.38 bits per heavy atom. The molecule has 1 N–H and O–H groups in total. The van der Waals surface area contributed by atoms with Crippen molar-refractivity contribution in [1.82, 2.24) is 5.32 Å². The number of carbonyl (C=O) groups excluding carboxylic acids is 2. The van der Waals surface area contributed by atoms with Gasteiger partial charge in [-0.15, -0.1) is 0 Å². The number of rotatable bonds is 4. The van der Waals surface area contributed by atoms with Gasteiger partial charge < -0.3 is 10.1 Å². The minimum absolute atomic E-state index is 0.0181. The molecule has 1 aromatic rings. The van der Waals surface area contributed by atoms with Crippen LogP contribution in [0.3, 0.4) is 0 Å². The number of hydrogen-bond donors (Lipinski definition) is 1. The first-order chi connectivity index (χ1) is 7.62. The number of ketones is 1. The maximum atomic E-state index is 11.6. The van der Waals surface area contributed by atoms with E-state index in [1.165, 1.54) is 0 Å². The monoisotopic (exact) mass is 219 g/mol. The zero-order valence-electron chi connectivity index (χ0n) is 9.03. The number of amides is 1. The lowest BCUT2D eigenvalue weighted by Gasteiger charge is -2.06. The van der Waals surface area contributed by atoms with Crippen molar-refractivity contribution in [3.8, 4) is 0 Å². The van der Waals surface area contributed by atoms with Crippen molar-refractivity contribution in [2.75, 3.05) is 13.2 Å². The molecule has 84 valence electrons. The molecule has 4 heteroatoms. The van der Waals surface area contributed by atoms with Crippen LogP contribution in [0, 0.1) is 0 Å². The number of carbonyl (C=O) groups is 2. The Kier molecular flexibility index (Phi) is 2.75. The fraction of sp³-hybridized carbons (Fsp3) is 0.333. The highest BCUT2D eigenvalue weighted by atomic mass is 16.6. The van der Waals surface area contributed by atoms with Gasteiger partial charge in [0.25, 0.3) is 5.91 Å². The number of ether oxygens (including phenoxy) is 1. The summed E-state index contributed by atoms with van der Waals surface area (Å²) in [5, 5.41) is 2.58. The van der Waals surface area contributed by atoms with E-state index >= 15 is 0 Å². The average molecular weight is 219 g/mol. The van der Waals surface area contributed by atoms with Crippen LogP contribution in [0.4, 0.5) is 0 Å². The zero-order chi connectivity index (χ0) is 11.6. The first-order valence-corrected chi connectivity index (χ1v) is 5.12. The van der Waals surface area contributed by atoms with E-state index in [1.54, 1.807) is 31.2 Å². The van der Waals surface area contributed by atoms with Crippen LogP contribution >= 0.6 is 0 Å². The second-order valence-electron chi connectivity index (χ2n) is 3.99. The summed E-state index contributed by atoms with van der Waals surface area (Å²) in [7, 11) is 0. The standard InChI is InChI=1S/C12H13NO3/c1-12(8-16-12)10(14)7-13-11(15)9-5-3-2-4-6-9/h2-6H,7-8H2,1H3,(H,13,15)/t12-/m0/s1. The molecule has 0 aromatic heterocycles. The predicted molar refractivity (Wildman–Crippen MR) is 58.1 cm³/mol. The van der Waals surface area contributed by atoms with Gasteiger partial charge in [0.2, 0.25) is 0 Å². The van der Waals surface area contributed by atoms with Gasteiger partial charge in [0.05, 0.1) is 13.2 Å². The molecule has 1 atom stereocenters. The minimum Gasteiger partial charge on any atom is -0.362 e. The van der Waals surface area contributed by atoms with Crippen molar-refractivity contribution >= 4 is 11.7 Å². The highest BCUT2D eigenvalue weighted by Crippen LogP contribution is 2.26. The largest absolute Gasteiger partial charge is 0.362 e. The third kappa shape index (κ3) is 2.28. The number of nitrogens with one attached hydrogen (secondary N) is 1. The van der Waals surface area contributed by atoms with Crippen molar-refractivity contribution in [3.05, 3.63) is 35.9 Å². The van der Waals surface area contributed by atoms with Crippen molar-refractivity contribution in [2.24, 2.45) is 0 Å². The van der Waals surface area contributed by atoms with Gasteiger partial charge in [-0.3, -0.25) is 9.59 Å². The first kappa shape index (κ1) is 10.8. The van der Waals surface area contributed by atoms with Crippen LogP contribution in [-0.2, 0) is 9.53 Å². The molecule has 0 spiro atoms. The molecule has 0 aliphatic carbocycles. The number of Topliss-reactive ketones (excluding diaryl/α,β-unsaturated/α-hetero) is 1. The molecule has 2 rings (SSSR count). The number of benzene rings is 1. The maximum Gasteiger partial charge on any atom is 0.251 e. The van der Waals surface area contributed by atoms with Gasteiger partial charge in [-0.2, -0.15) is 0 Å². The fourth-order valence-corrected chi connectivity index (χ4v) is 1.31. The Balaban J connectivity index is 1.87. The molecule has 1 aliphatic heterocycles. The van der Waals surface area contributed by atoms with Gasteiger partial charge in [-0.1, -0.05) is 18.2 Å². The second kappa shape index (κ2) is 4.06. The van der Waals surface area contributed by atoms with Crippen molar-refractivity contribution in [1.29, 1.82) is 0 Å². The Morgan fingerprint density at radius 2 is 2.00 bits per heavy atom. The van der Waals surface area contributed by atoms with E-state index in [0.29, 0.717) is 12.2 Å². The highest BCUT2D eigenvalue weighted by Gasteiger charge is 2.46. The normalized spacial score (nSPS) is 22.6. The van der Waals surface area contributed by atoms with Crippen molar-refractivity contribution < 1.29 is 14.3 Å². The van der Waals surface area contributed by atoms with Gasteiger partial charge in [0, 0.05) is 5.56 Å². The van der Waals surface area contributed by atoms with Gasteiger partial charge in [0.15, 0.2) is 5.78 Å². The molecular formula is C12H13NO3. The first-order valence-electron chi connectivity index (χ1n) is 5.12. The Hall–Kier alpha value is -1.68. The average Bonchev–Trinajstić information content (AvgIpc) is 3.06. The highest BCUT2D eigenvalue weighted by molar-refractivity contribution is 5.98. The van der Waals surface area contributed by atoms with E-state index in [4.69, 9.17) is 4.74 Å². The number of hydrogen-bond acceptors (Lipinski definition) is 3. The SMILES string of the molecule is C[C@@]1(C(=O)CNC(=O)c2ccccc2)CO1. The minimum atomic E-state index is -0.663. The lowest BCUT2D eigenvalue weighted by atomic mass is 10.1. The third-order valence-corrected chi connectivity index (χ3v) is 2.61. The summed E-state index contributed by atoms with van der Waals surface area (Å²) in [6.07, 6.45) is 0. The Labute approximate surface area is 93.6 Å². The van der Waals surface area contributed by atoms with E-state index in [0.717, 1.165) is 0 Å². The molecule has 16 heavy (non-hydrogen) atoms. The second-order valence-corrected chi connectivity index (χ2v) is 3.99. The Morgan fingerprint density at radius 3 is 2.56 bits per heavy atom. The van der Waals surface area contributed by atoms with Gasteiger partial charge in [0.1, 0.15) is 5.60 Å². The lowest BCUT2D eigenvalue weighted by Crippen LogP contribution is -2.35. The molecule has 1 aromatic carbocycles. The van der Waals surface area contributed by atoms with Crippen LogP contribution in [0.2, 0.25) is 0 Å². The van der Waals surface area contributed by atoms with Crippen molar-refractivity contribution in [2.45, 2.75) is 12.5 Å². The molecule has 1 saturated heterocycles. The molecule has 1 heterocycles. The predicted octanol–water partition coefficient (Wildman–Crippen LogP) is 0.774. The van der Waals surface area contributed by atoms with Crippen molar-refractivity contribution in [3.63, 3.8) is 0 Å². The van der Waals surface area contributed by atoms with Crippen LogP contribution < -0.4 is 5.32 Å². The third-order valence-electron chi connectivity index (χ3n) is 2.61. The lowest BCUT2D eigenvalue weighted by molar-refractivity contribution is -0.122. The molecule has 0 bridgehead atoms. The maximum absolute atomic E-state index is 11.6. The van der Waals surface area contributed by atoms with E-state index in [2.05, 4.69) is 5.32 Å². The molecule has 1 amide bonds. The van der Waals surface area contributed by atoms with E-state index in [1.807, 2.05) is 6.07 Å². The van der Waals surface area contributed by atoms with Crippen LogP contribution in [0.1, 0.15) is 17.3 Å². The Bertz CT molecular complexity index is 410. The van der Waals surface area contributed by atoms with Gasteiger partial charge in [-0.05, 0) is 19.1 Å². The summed E-state index contributed by atoms with van der Waals surface area (Å²) in [6.45, 7) is 2.20. The molecule has 0 radical (unpaired) electrons. The smallest absolute Gasteiger partial charge is 0.251 e. The molecule has 0 unspecified atom stereocenters. The molecule has 4 nitrogen and oxygen atoms in total. The summed E-state index contributed by atoms with van der Waals surface area (Å²) in [6, 6.07) is 8.80. The van der Waals surface area contributed by atoms with Gasteiger partial charge in [-0.25, -0.2) is 0 Å². The summed E-state index contributed by atoms with van der Waals surface area (Å²) in [4.78, 5) is 23.1. The summed E-state index contributed by atoms with van der Waals surface area (Å²) >= 11 is 0. The van der Waals surface area contributed by atoms with E-state index in [9.17, 15) is 9.59 Å². The summed E-state index contributed by atoms with van der Waals surface area (Å²) < 4.78 is 4.99. The summed E-state index contributed by atoms with van der Waals surface area (Å²) in [5.74, 6) is -0.324. The molecule has 0 saturated carbocycles. The summed E-state index contributed by atoms with van der Waals surface area (Å²) in [5.41, 5.74) is -0.110. The zero-order valence-corrected chi connectivity index (χ0v) is 9.03. The quantitative estimate of drug-likeness (QED) is 0.761. The topological polar surface area (TPSA) is 58.7 Å². The van der Waals surface area contributed by atoms with Crippen LogP contribution in [0.15, 0.2) is 30.3 Å². The van der Waals surface area contributed by atoms with Crippen LogP contribution in [0.25, 0.3) is 0 Å². The van der Waals surface area contributed by atoms with Gasteiger partial charge >= 0.3 is 0 Å². The van der Waals surface area contributed by atoms with Crippen LogP contribution in [0.5, 0.6) is 0 Å². The van der Waals surface area contributed by atoms with E-state index < -0.39 is 5.60 Å².